The first-order valence-corrected chi connectivity index (χ1v) is 13.8. The average Bonchev–Trinajstić information content (AvgIpc) is 3.76. The third kappa shape index (κ3) is 9.81. The summed E-state index contributed by atoms with van der Waals surface area (Å²) in [5.74, 6) is -0.00178. The number of aliphatic carboxylic acids is 1. The Hall–Kier alpha value is -3.40. The van der Waals surface area contributed by atoms with Crippen LogP contribution in [0.15, 0.2) is 66.7 Å². The van der Waals surface area contributed by atoms with Crippen molar-refractivity contribution in [2.24, 2.45) is 5.41 Å². The summed E-state index contributed by atoms with van der Waals surface area (Å²) in [5, 5.41) is 8.94. The van der Waals surface area contributed by atoms with E-state index in [2.05, 4.69) is 45.0 Å². The summed E-state index contributed by atoms with van der Waals surface area (Å²) in [6.45, 7) is 8.85. The highest BCUT2D eigenvalue weighted by molar-refractivity contribution is 5.95. The Morgan fingerprint density at radius 1 is 0.921 bits per heavy atom. The highest BCUT2D eigenvalue weighted by Gasteiger charge is 2.20. The second-order valence-corrected chi connectivity index (χ2v) is 11.1. The lowest BCUT2D eigenvalue weighted by molar-refractivity contribution is -0.136. The van der Waals surface area contributed by atoms with Gasteiger partial charge >= 0.3 is 5.97 Å². The van der Waals surface area contributed by atoms with Gasteiger partial charge in [0.2, 0.25) is 0 Å². The Morgan fingerprint density at radius 3 is 2.32 bits per heavy atom. The maximum atomic E-state index is 12.0. The van der Waals surface area contributed by atoms with Crippen molar-refractivity contribution in [3.05, 3.63) is 89.0 Å². The van der Waals surface area contributed by atoms with Crippen LogP contribution in [0.5, 0.6) is 5.75 Å². The molecule has 0 heterocycles. The molecule has 4 rings (SSSR count). The molecule has 3 aromatic carbocycles. The van der Waals surface area contributed by atoms with Crippen LogP contribution in [0.3, 0.4) is 0 Å². The third-order valence-corrected chi connectivity index (χ3v) is 6.63. The van der Waals surface area contributed by atoms with Crippen molar-refractivity contribution >= 4 is 11.8 Å². The Bertz CT molecular complexity index is 1220. The summed E-state index contributed by atoms with van der Waals surface area (Å²) < 4.78 is 6.08. The number of carbonyl (C=O) groups excluding carboxylic acids is 1. The number of ether oxygens (including phenoxy) is 1. The number of hydrogen-bond donors (Lipinski definition) is 1. The number of carboxylic acids is 1. The number of benzene rings is 3. The molecular formula is C34H42O4. The standard InChI is InChI=1S/C31H36O4.C3H6/c1-5-16-31(3,4)20-27-17-24(12-14-29(27)26-10-7-9-25(19-26)22(2)32)21-35-28-11-6-8-23(18-28)13-15-30(33)34;1-2-3-1/h6-12,14,17-19H,5,13,15-16,20-21H2,1-4H3,(H,33,34);1-3H2. The molecule has 4 heteroatoms. The van der Waals surface area contributed by atoms with Crippen LogP contribution in [0.1, 0.15) is 93.3 Å². The van der Waals surface area contributed by atoms with Crippen molar-refractivity contribution in [1.82, 2.24) is 0 Å². The van der Waals surface area contributed by atoms with Crippen LogP contribution in [0.2, 0.25) is 0 Å². The molecule has 0 atom stereocenters. The van der Waals surface area contributed by atoms with Gasteiger partial charge in [-0.25, -0.2) is 0 Å². The van der Waals surface area contributed by atoms with Crippen LogP contribution in [0.25, 0.3) is 11.1 Å². The molecule has 4 nitrogen and oxygen atoms in total. The van der Waals surface area contributed by atoms with Crippen LogP contribution >= 0.6 is 0 Å². The van der Waals surface area contributed by atoms with E-state index in [0.717, 1.165) is 52.8 Å². The van der Waals surface area contributed by atoms with Crippen molar-refractivity contribution < 1.29 is 19.4 Å². The Labute approximate surface area is 228 Å². The predicted molar refractivity (Wildman–Crippen MR) is 155 cm³/mol. The largest absolute Gasteiger partial charge is 0.489 e. The summed E-state index contributed by atoms with van der Waals surface area (Å²) in [5.41, 5.74) is 6.36. The topological polar surface area (TPSA) is 63.6 Å². The van der Waals surface area contributed by atoms with E-state index in [-0.39, 0.29) is 17.6 Å². The molecule has 0 aliphatic heterocycles. The predicted octanol–water partition coefficient (Wildman–Crippen LogP) is 8.69. The number of aryl methyl sites for hydroxylation is 1. The molecule has 1 aliphatic carbocycles. The molecule has 0 amide bonds. The van der Waals surface area contributed by atoms with Gasteiger partial charge in [0.25, 0.3) is 0 Å². The molecule has 1 aliphatic rings. The smallest absolute Gasteiger partial charge is 0.303 e. The highest BCUT2D eigenvalue weighted by atomic mass is 16.5. The lowest BCUT2D eigenvalue weighted by Gasteiger charge is -2.26. The minimum atomic E-state index is -0.802. The fourth-order valence-corrected chi connectivity index (χ4v) is 4.56. The first-order valence-electron chi connectivity index (χ1n) is 13.8. The van der Waals surface area contributed by atoms with Gasteiger partial charge in [-0.05, 0) is 77.6 Å². The molecule has 1 N–H and O–H groups in total. The second-order valence-electron chi connectivity index (χ2n) is 11.1. The van der Waals surface area contributed by atoms with Crippen LogP contribution in [0, 0.1) is 5.41 Å². The third-order valence-electron chi connectivity index (χ3n) is 6.63. The van der Waals surface area contributed by atoms with E-state index >= 15 is 0 Å². The van der Waals surface area contributed by atoms with E-state index < -0.39 is 5.97 Å². The van der Waals surface area contributed by atoms with Gasteiger partial charge < -0.3 is 9.84 Å². The van der Waals surface area contributed by atoms with Gasteiger partial charge in [0, 0.05) is 12.0 Å². The van der Waals surface area contributed by atoms with Gasteiger partial charge in [-0.2, -0.15) is 0 Å². The summed E-state index contributed by atoms with van der Waals surface area (Å²) in [6, 6.07) is 21.9. The zero-order chi connectivity index (χ0) is 27.5. The number of rotatable bonds is 12. The normalized spacial score (nSPS) is 12.3. The van der Waals surface area contributed by atoms with Gasteiger partial charge in [-0.15, -0.1) is 0 Å². The van der Waals surface area contributed by atoms with Gasteiger partial charge in [-0.3, -0.25) is 9.59 Å². The molecule has 0 aromatic heterocycles. The quantitative estimate of drug-likeness (QED) is 0.246. The average molecular weight is 515 g/mol. The Morgan fingerprint density at radius 2 is 1.66 bits per heavy atom. The van der Waals surface area contributed by atoms with Crippen molar-refractivity contribution in [1.29, 1.82) is 0 Å². The number of hydrogen-bond acceptors (Lipinski definition) is 3. The van der Waals surface area contributed by atoms with Crippen molar-refractivity contribution in [3.63, 3.8) is 0 Å². The number of ketones is 1. The molecule has 0 radical (unpaired) electrons. The van der Waals surface area contributed by atoms with Gasteiger partial charge in [0.15, 0.2) is 5.78 Å². The maximum absolute atomic E-state index is 12.0. The first-order chi connectivity index (χ1) is 18.2. The van der Waals surface area contributed by atoms with Gasteiger partial charge in [-0.1, -0.05) is 95.0 Å². The van der Waals surface area contributed by atoms with Crippen molar-refractivity contribution in [2.75, 3.05) is 0 Å². The van der Waals surface area contributed by atoms with E-state index in [1.165, 1.54) is 24.8 Å². The van der Waals surface area contributed by atoms with E-state index in [1.54, 1.807) is 6.92 Å². The van der Waals surface area contributed by atoms with Gasteiger partial charge in [0.05, 0.1) is 0 Å². The molecule has 0 unspecified atom stereocenters. The van der Waals surface area contributed by atoms with Crippen molar-refractivity contribution in [3.8, 4) is 16.9 Å². The molecule has 202 valence electrons. The summed E-state index contributed by atoms with van der Waals surface area (Å²) in [6.07, 6.45) is 8.27. The Balaban J connectivity index is 0.00000124. The SMILES string of the molecule is C1CC1.CCCC(C)(C)Cc1cc(COc2cccc(CCC(=O)O)c2)ccc1-c1cccc(C(C)=O)c1. The highest BCUT2D eigenvalue weighted by Crippen LogP contribution is 2.34. The molecule has 38 heavy (non-hydrogen) atoms. The van der Waals surface area contributed by atoms with Crippen LogP contribution in [-0.2, 0) is 24.2 Å². The summed E-state index contributed by atoms with van der Waals surface area (Å²) >= 11 is 0. The molecule has 1 fully saturated rings. The van der Waals surface area contributed by atoms with Crippen LogP contribution < -0.4 is 4.74 Å². The number of Topliss-reactive ketones (excluding diaryl/α,β-unsaturated/α-hetero) is 1. The second kappa shape index (κ2) is 13.9. The number of carbonyl (C=O) groups is 2. The lowest BCUT2D eigenvalue weighted by Crippen LogP contribution is -2.15. The number of carboxylic acid groups (broad SMARTS) is 1. The van der Waals surface area contributed by atoms with Gasteiger partial charge in [0.1, 0.15) is 12.4 Å². The zero-order valence-corrected chi connectivity index (χ0v) is 23.4. The fourth-order valence-electron chi connectivity index (χ4n) is 4.56. The molecule has 0 spiro atoms. The molecule has 3 aromatic rings. The van der Waals surface area contributed by atoms with E-state index in [0.29, 0.717) is 13.0 Å². The minimum absolute atomic E-state index is 0.0651. The van der Waals surface area contributed by atoms with E-state index in [1.807, 2.05) is 42.5 Å². The fraction of sp³-hybridized carbons (Fsp3) is 0.412. The summed E-state index contributed by atoms with van der Waals surface area (Å²) in [7, 11) is 0. The molecule has 0 saturated heterocycles. The molecule has 0 bridgehead atoms. The van der Waals surface area contributed by atoms with E-state index in [9.17, 15) is 9.59 Å². The maximum Gasteiger partial charge on any atom is 0.303 e. The molecular weight excluding hydrogens is 472 g/mol. The zero-order valence-electron chi connectivity index (χ0n) is 23.4. The lowest BCUT2D eigenvalue weighted by atomic mass is 9.79. The van der Waals surface area contributed by atoms with Crippen molar-refractivity contribution in [2.45, 2.75) is 85.7 Å². The Kier molecular flexibility index (Phi) is 10.7. The minimum Gasteiger partial charge on any atom is -0.489 e. The summed E-state index contributed by atoms with van der Waals surface area (Å²) in [4.78, 5) is 22.8. The molecule has 1 saturated carbocycles. The monoisotopic (exact) mass is 514 g/mol. The van der Waals surface area contributed by atoms with Crippen LogP contribution in [0.4, 0.5) is 0 Å². The van der Waals surface area contributed by atoms with Crippen LogP contribution in [-0.4, -0.2) is 16.9 Å². The first kappa shape index (κ1) is 29.2. The van der Waals surface area contributed by atoms with E-state index in [4.69, 9.17) is 9.84 Å².